The SMILES string of the molecule is CCCn1nc(C)c(CNC2CCN(c3ccccc3C(=O)O)CC2)c1C. The topological polar surface area (TPSA) is 70.4 Å². The molecule has 1 aromatic heterocycles. The van der Waals surface area contributed by atoms with Crippen LogP contribution in [-0.4, -0.2) is 40.0 Å². The number of rotatable bonds is 7. The zero-order valence-electron chi connectivity index (χ0n) is 16.5. The molecule has 2 aromatic rings. The third-order valence-electron chi connectivity index (χ3n) is 5.50. The number of para-hydroxylation sites is 1. The molecule has 0 radical (unpaired) electrons. The van der Waals surface area contributed by atoms with E-state index in [2.05, 4.69) is 40.8 Å². The van der Waals surface area contributed by atoms with Crippen LogP contribution in [0.4, 0.5) is 5.69 Å². The van der Waals surface area contributed by atoms with E-state index in [-0.39, 0.29) is 0 Å². The van der Waals surface area contributed by atoms with E-state index in [0.717, 1.165) is 56.8 Å². The van der Waals surface area contributed by atoms with Crippen LogP contribution in [0.25, 0.3) is 0 Å². The van der Waals surface area contributed by atoms with Crippen LogP contribution in [-0.2, 0) is 13.1 Å². The van der Waals surface area contributed by atoms with Crippen LogP contribution >= 0.6 is 0 Å². The van der Waals surface area contributed by atoms with Gasteiger partial charge in [-0.3, -0.25) is 4.68 Å². The van der Waals surface area contributed by atoms with Crippen LogP contribution in [0.1, 0.15) is 53.5 Å². The molecule has 146 valence electrons. The number of nitrogens with one attached hydrogen (secondary N) is 1. The Hall–Kier alpha value is -2.34. The van der Waals surface area contributed by atoms with E-state index in [4.69, 9.17) is 0 Å². The summed E-state index contributed by atoms with van der Waals surface area (Å²) in [5.41, 5.74) is 4.90. The second-order valence-corrected chi connectivity index (χ2v) is 7.34. The number of anilines is 1. The number of piperidine rings is 1. The molecule has 0 bridgehead atoms. The molecule has 6 nitrogen and oxygen atoms in total. The molecule has 2 N–H and O–H groups in total. The van der Waals surface area contributed by atoms with Gasteiger partial charge in [0.1, 0.15) is 0 Å². The Balaban J connectivity index is 1.57. The number of nitrogens with zero attached hydrogens (tertiary/aromatic N) is 3. The highest BCUT2D eigenvalue weighted by Crippen LogP contribution is 2.24. The average Bonchev–Trinajstić information content (AvgIpc) is 2.94. The maximum atomic E-state index is 11.5. The lowest BCUT2D eigenvalue weighted by Gasteiger charge is -2.34. The minimum absolute atomic E-state index is 0.387. The molecule has 3 rings (SSSR count). The number of benzene rings is 1. The van der Waals surface area contributed by atoms with Crippen molar-refractivity contribution in [2.75, 3.05) is 18.0 Å². The maximum absolute atomic E-state index is 11.5. The monoisotopic (exact) mass is 370 g/mol. The van der Waals surface area contributed by atoms with E-state index < -0.39 is 5.97 Å². The summed E-state index contributed by atoms with van der Waals surface area (Å²) in [6.07, 6.45) is 3.11. The van der Waals surface area contributed by atoms with E-state index in [1.807, 2.05) is 12.1 Å². The van der Waals surface area contributed by atoms with Crippen molar-refractivity contribution in [2.24, 2.45) is 0 Å². The van der Waals surface area contributed by atoms with Gasteiger partial charge in [-0.2, -0.15) is 5.10 Å². The van der Waals surface area contributed by atoms with Crippen molar-refractivity contribution in [1.82, 2.24) is 15.1 Å². The van der Waals surface area contributed by atoms with Gasteiger partial charge < -0.3 is 15.3 Å². The third-order valence-corrected chi connectivity index (χ3v) is 5.50. The number of aromatic carboxylic acids is 1. The van der Waals surface area contributed by atoms with Crippen LogP contribution in [0.2, 0.25) is 0 Å². The number of carbonyl (C=O) groups is 1. The quantitative estimate of drug-likeness (QED) is 0.782. The first-order valence-corrected chi connectivity index (χ1v) is 9.84. The van der Waals surface area contributed by atoms with Crippen molar-refractivity contribution in [2.45, 2.75) is 59.2 Å². The van der Waals surface area contributed by atoms with Gasteiger partial charge in [0, 0.05) is 43.5 Å². The standard InChI is InChI=1S/C21H30N4O2/c1-4-11-25-16(3)19(15(2)23-25)14-22-17-9-12-24(13-10-17)20-8-6-5-7-18(20)21(26)27/h5-8,17,22H,4,9-14H2,1-3H3,(H,26,27). The van der Waals surface area contributed by atoms with Gasteiger partial charge in [-0.25, -0.2) is 4.79 Å². The van der Waals surface area contributed by atoms with Crippen molar-refractivity contribution in [3.8, 4) is 0 Å². The summed E-state index contributed by atoms with van der Waals surface area (Å²) in [7, 11) is 0. The maximum Gasteiger partial charge on any atom is 0.337 e. The number of carboxylic acids is 1. The van der Waals surface area contributed by atoms with Crippen molar-refractivity contribution in [3.63, 3.8) is 0 Å². The van der Waals surface area contributed by atoms with Gasteiger partial charge in [0.25, 0.3) is 0 Å². The van der Waals surface area contributed by atoms with Gasteiger partial charge in [0.2, 0.25) is 0 Å². The molecule has 27 heavy (non-hydrogen) atoms. The molecule has 0 atom stereocenters. The number of aryl methyl sites for hydroxylation is 2. The second-order valence-electron chi connectivity index (χ2n) is 7.34. The van der Waals surface area contributed by atoms with Gasteiger partial charge in [0.05, 0.1) is 16.9 Å². The van der Waals surface area contributed by atoms with Crippen LogP contribution in [0, 0.1) is 13.8 Å². The molecule has 1 fully saturated rings. The second kappa shape index (κ2) is 8.57. The van der Waals surface area contributed by atoms with E-state index in [1.54, 1.807) is 12.1 Å². The fraction of sp³-hybridized carbons (Fsp3) is 0.524. The summed E-state index contributed by atoms with van der Waals surface area (Å²) in [5.74, 6) is -0.860. The van der Waals surface area contributed by atoms with Crippen LogP contribution in [0.15, 0.2) is 24.3 Å². The van der Waals surface area contributed by atoms with Crippen LogP contribution in [0.5, 0.6) is 0 Å². The molecule has 1 aliphatic heterocycles. The van der Waals surface area contributed by atoms with Gasteiger partial charge in [-0.1, -0.05) is 19.1 Å². The van der Waals surface area contributed by atoms with E-state index >= 15 is 0 Å². The zero-order valence-corrected chi connectivity index (χ0v) is 16.5. The largest absolute Gasteiger partial charge is 0.478 e. The Labute approximate surface area is 161 Å². The van der Waals surface area contributed by atoms with Gasteiger partial charge in [0.15, 0.2) is 0 Å². The summed E-state index contributed by atoms with van der Waals surface area (Å²) in [4.78, 5) is 13.6. The Morgan fingerprint density at radius 2 is 1.96 bits per heavy atom. The fourth-order valence-corrected chi connectivity index (χ4v) is 3.92. The minimum atomic E-state index is -0.860. The van der Waals surface area contributed by atoms with Crippen LogP contribution < -0.4 is 10.2 Å². The Morgan fingerprint density at radius 3 is 2.63 bits per heavy atom. The lowest BCUT2D eigenvalue weighted by Crippen LogP contribution is -2.42. The molecule has 1 saturated heterocycles. The number of hydrogen-bond donors (Lipinski definition) is 2. The first kappa shape index (κ1) is 19.4. The zero-order chi connectivity index (χ0) is 19.4. The molecule has 0 unspecified atom stereocenters. The number of carboxylic acid groups (broad SMARTS) is 1. The van der Waals surface area contributed by atoms with Crippen molar-refractivity contribution >= 4 is 11.7 Å². The highest BCUT2D eigenvalue weighted by atomic mass is 16.4. The summed E-state index contributed by atoms with van der Waals surface area (Å²) < 4.78 is 2.11. The van der Waals surface area contributed by atoms with Gasteiger partial charge in [-0.05, 0) is 45.2 Å². The average molecular weight is 370 g/mol. The predicted octanol–water partition coefficient (Wildman–Crippen LogP) is 3.37. The molecule has 0 spiro atoms. The normalized spacial score (nSPS) is 15.3. The molecule has 1 aliphatic rings. The highest BCUT2D eigenvalue weighted by Gasteiger charge is 2.23. The first-order chi connectivity index (χ1) is 13.0. The summed E-state index contributed by atoms with van der Waals surface area (Å²) in [5, 5.41) is 17.7. The van der Waals surface area contributed by atoms with E-state index in [1.165, 1.54) is 11.3 Å². The minimum Gasteiger partial charge on any atom is -0.478 e. The third kappa shape index (κ3) is 4.33. The molecule has 2 heterocycles. The van der Waals surface area contributed by atoms with E-state index in [9.17, 15) is 9.90 Å². The molecular formula is C21H30N4O2. The van der Waals surface area contributed by atoms with Crippen molar-refractivity contribution in [3.05, 3.63) is 46.8 Å². The lowest BCUT2D eigenvalue weighted by molar-refractivity contribution is 0.0697. The molecule has 0 aliphatic carbocycles. The number of aromatic nitrogens is 2. The lowest BCUT2D eigenvalue weighted by atomic mass is 10.0. The van der Waals surface area contributed by atoms with Crippen LogP contribution in [0.3, 0.4) is 0 Å². The Kier molecular flexibility index (Phi) is 6.16. The van der Waals surface area contributed by atoms with Gasteiger partial charge in [-0.15, -0.1) is 0 Å². The smallest absolute Gasteiger partial charge is 0.337 e. The number of hydrogen-bond acceptors (Lipinski definition) is 4. The Bertz CT molecular complexity index is 791. The molecule has 6 heteroatoms. The van der Waals surface area contributed by atoms with E-state index in [0.29, 0.717) is 11.6 Å². The summed E-state index contributed by atoms with van der Waals surface area (Å²) >= 11 is 0. The summed E-state index contributed by atoms with van der Waals surface area (Å²) in [6.45, 7) is 9.96. The first-order valence-electron chi connectivity index (χ1n) is 9.84. The van der Waals surface area contributed by atoms with Gasteiger partial charge >= 0.3 is 5.97 Å². The summed E-state index contributed by atoms with van der Waals surface area (Å²) in [6, 6.07) is 7.73. The molecule has 0 saturated carbocycles. The van der Waals surface area contributed by atoms with Crippen molar-refractivity contribution in [1.29, 1.82) is 0 Å². The molecular weight excluding hydrogens is 340 g/mol. The predicted molar refractivity (Wildman–Crippen MR) is 107 cm³/mol. The fourth-order valence-electron chi connectivity index (χ4n) is 3.92. The Morgan fingerprint density at radius 1 is 1.26 bits per heavy atom. The molecule has 0 amide bonds. The molecule has 1 aromatic carbocycles. The highest BCUT2D eigenvalue weighted by molar-refractivity contribution is 5.94. The van der Waals surface area contributed by atoms with Crippen molar-refractivity contribution < 1.29 is 9.90 Å².